The van der Waals surface area contributed by atoms with E-state index >= 15 is 0 Å². The fourth-order valence-electron chi connectivity index (χ4n) is 2.49. The number of rotatable bonds is 7. The maximum atomic E-state index is 12.7. The van der Waals surface area contributed by atoms with E-state index in [4.69, 9.17) is 14.2 Å². The minimum Gasteiger partial charge on any atom is -0.493 e. The molecule has 0 aromatic heterocycles. The predicted octanol–water partition coefficient (Wildman–Crippen LogP) is 2.74. The number of esters is 1. The fraction of sp³-hybridized carbons (Fsp3) is 0.263. The molecule has 0 aliphatic carbocycles. The van der Waals surface area contributed by atoms with Crippen molar-refractivity contribution in [1.82, 2.24) is 5.32 Å². The summed E-state index contributed by atoms with van der Waals surface area (Å²) in [5.74, 6) is 0.0204. The third kappa shape index (κ3) is 4.50. The van der Waals surface area contributed by atoms with E-state index in [1.165, 1.54) is 21.3 Å². The molecule has 2 aromatic rings. The third-order valence-corrected chi connectivity index (χ3v) is 3.75. The summed E-state index contributed by atoms with van der Waals surface area (Å²) in [7, 11) is 4.29. The first kappa shape index (κ1) is 18.3. The van der Waals surface area contributed by atoms with Gasteiger partial charge < -0.3 is 19.5 Å². The Balaban J connectivity index is 2.30. The van der Waals surface area contributed by atoms with E-state index in [2.05, 4.69) is 5.32 Å². The van der Waals surface area contributed by atoms with Crippen LogP contribution in [0.4, 0.5) is 0 Å². The summed E-state index contributed by atoms with van der Waals surface area (Å²) in [4.78, 5) is 24.5. The third-order valence-electron chi connectivity index (χ3n) is 3.75. The first-order chi connectivity index (χ1) is 12.1. The van der Waals surface area contributed by atoms with E-state index in [0.717, 1.165) is 5.56 Å². The molecule has 0 fully saturated rings. The van der Waals surface area contributed by atoms with Gasteiger partial charge in [0.1, 0.15) is 0 Å². The normalized spacial score (nSPS) is 11.3. The van der Waals surface area contributed by atoms with Crippen LogP contribution in [0.3, 0.4) is 0 Å². The fourth-order valence-corrected chi connectivity index (χ4v) is 2.49. The van der Waals surface area contributed by atoms with Gasteiger partial charge >= 0.3 is 5.97 Å². The van der Waals surface area contributed by atoms with E-state index in [0.29, 0.717) is 17.1 Å². The van der Waals surface area contributed by atoms with Gasteiger partial charge in [0.05, 0.1) is 39.4 Å². The summed E-state index contributed by atoms with van der Waals surface area (Å²) < 4.78 is 15.3. The molecule has 2 rings (SSSR count). The van der Waals surface area contributed by atoms with Crippen LogP contribution in [0.25, 0.3) is 0 Å². The number of ether oxygens (including phenoxy) is 3. The highest BCUT2D eigenvalue weighted by Crippen LogP contribution is 2.31. The van der Waals surface area contributed by atoms with Gasteiger partial charge in [0.25, 0.3) is 5.91 Å². The molecule has 1 atom stereocenters. The Hall–Kier alpha value is -3.02. The van der Waals surface area contributed by atoms with Crippen LogP contribution in [0, 0.1) is 0 Å². The van der Waals surface area contributed by atoms with Crippen molar-refractivity contribution in [2.75, 3.05) is 21.3 Å². The predicted molar refractivity (Wildman–Crippen MR) is 92.8 cm³/mol. The van der Waals surface area contributed by atoms with Gasteiger partial charge in [0.15, 0.2) is 11.5 Å². The second-order valence-corrected chi connectivity index (χ2v) is 5.26. The van der Waals surface area contributed by atoms with E-state index in [-0.39, 0.29) is 12.3 Å². The molecular weight excluding hydrogens is 322 g/mol. The average Bonchev–Trinajstić information content (AvgIpc) is 2.67. The first-order valence-electron chi connectivity index (χ1n) is 7.74. The lowest BCUT2D eigenvalue weighted by Gasteiger charge is -2.19. The van der Waals surface area contributed by atoms with Gasteiger partial charge in [-0.2, -0.15) is 0 Å². The Kier molecular flexibility index (Phi) is 6.39. The monoisotopic (exact) mass is 343 g/mol. The summed E-state index contributed by atoms with van der Waals surface area (Å²) in [6, 6.07) is 13.8. The van der Waals surface area contributed by atoms with Crippen molar-refractivity contribution in [3.63, 3.8) is 0 Å². The lowest BCUT2D eigenvalue weighted by Crippen LogP contribution is -2.30. The number of hydrogen-bond donors (Lipinski definition) is 1. The highest BCUT2D eigenvalue weighted by molar-refractivity contribution is 5.98. The van der Waals surface area contributed by atoms with Crippen LogP contribution in [-0.2, 0) is 9.53 Å². The molecule has 0 heterocycles. The number of benzene rings is 2. The molecule has 0 unspecified atom stereocenters. The quantitative estimate of drug-likeness (QED) is 0.783. The Morgan fingerprint density at radius 3 is 2.28 bits per heavy atom. The molecule has 0 saturated heterocycles. The summed E-state index contributed by atoms with van der Waals surface area (Å²) in [6.45, 7) is 0. The van der Waals surface area contributed by atoms with Gasteiger partial charge in [0, 0.05) is 0 Å². The number of carbonyl (C=O) groups excluding carboxylic acids is 2. The van der Waals surface area contributed by atoms with Gasteiger partial charge in [-0.05, 0) is 17.7 Å². The summed E-state index contributed by atoms with van der Waals surface area (Å²) in [6.07, 6.45) is 0.0263. The van der Waals surface area contributed by atoms with Crippen molar-refractivity contribution in [3.8, 4) is 11.5 Å². The zero-order chi connectivity index (χ0) is 18.2. The summed E-state index contributed by atoms with van der Waals surface area (Å²) in [5.41, 5.74) is 1.13. The lowest BCUT2D eigenvalue weighted by atomic mass is 10.0. The van der Waals surface area contributed by atoms with Crippen LogP contribution >= 0.6 is 0 Å². The SMILES string of the molecule is COC(=O)C[C@@H](NC(=O)c1cccc(OC)c1OC)c1ccccc1. The second kappa shape index (κ2) is 8.73. The topological polar surface area (TPSA) is 73.9 Å². The standard InChI is InChI=1S/C19H21NO5/c1-23-16-11-7-10-14(18(16)25-3)19(22)20-15(12-17(21)24-2)13-8-5-4-6-9-13/h4-11,15H,12H2,1-3H3,(H,20,22)/t15-/m1/s1. The van der Waals surface area contributed by atoms with E-state index in [9.17, 15) is 9.59 Å². The minimum absolute atomic E-state index is 0.0263. The molecule has 0 spiro atoms. The van der Waals surface area contributed by atoms with Crippen LogP contribution in [-0.4, -0.2) is 33.2 Å². The molecule has 25 heavy (non-hydrogen) atoms. The second-order valence-electron chi connectivity index (χ2n) is 5.26. The zero-order valence-corrected chi connectivity index (χ0v) is 14.4. The maximum Gasteiger partial charge on any atom is 0.307 e. The summed E-state index contributed by atoms with van der Waals surface area (Å²) in [5, 5.41) is 2.87. The molecule has 0 aliphatic rings. The van der Waals surface area contributed by atoms with E-state index < -0.39 is 12.0 Å². The number of methoxy groups -OCH3 is 3. The van der Waals surface area contributed by atoms with Crippen molar-refractivity contribution in [1.29, 1.82) is 0 Å². The molecule has 6 heteroatoms. The minimum atomic E-state index is -0.517. The molecule has 2 aromatic carbocycles. The zero-order valence-electron chi connectivity index (χ0n) is 14.4. The van der Waals surface area contributed by atoms with Crippen molar-refractivity contribution in [2.45, 2.75) is 12.5 Å². The number of nitrogens with one attached hydrogen (secondary N) is 1. The van der Waals surface area contributed by atoms with Crippen LogP contribution in [0.1, 0.15) is 28.4 Å². The Bertz CT molecular complexity index is 730. The van der Waals surface area contributed by atoms with Crippen molar-refractivity contribution in [2.24, 2.45) is 0 Å². The van der Waals surface area contributed by atoms with Crippen LogP contribution in [0.5, 0.6) is 11.5 Å². The highest BCUT2D eigenvalue weighted by Gasteiger charge is 2.22. The van der Waals surface area contributed by atoms with Crippen LogP contribution in [0.15, 0.2) is 48.5 Å². The number of amides is 1. The van der Waals surface area contributed by atoms with Gasteiger partial charge in [0.2, 0.25) is 0 Å². The maximum absolute atomic E-state index is 12.7. The van der Waals surface area contributed by atoms with E-state index in [1.54, 1.807) is 18.2 Å². The summed E-state index contributed by atoms with van der Waals surface area (Å²) >= 11 is 0. The van der Waals surface area contributed by atoms with Gasteiger partial charge in [-0.3, -0.25) is 9.59 Å². The molecule has 1 N–H and O–H groups in total. The van der Waals surface area contributed by atoms with Crippen molar-refractivity contribution < 1.29 is 23.8 Å². The van der Waals surface area contributed by atoms with E-state index in [1.807, 2.05) is 30.3 Å². The number of hydrogen-bond acceptors (Lipinski definition) is 5. The van der Waals surface area contributed by atoms with Crippen molar-refractivity contribution >= 4 is 11.9 Å². The highest BCUT2D eigenvalue weighted by atomic mass is 16.5. The molecule has 132 valence electrons. The molecule has 1 amide bonds. The Morgan fingerprint density at radius 1 is 0.960 bits per heavy atom. The largest absolute Gasteiger partial charge is 0.493 e. The molecular formula is C19H21NO5. The van der Waals surface area contributed by atoms with Crippen molar-refractivity contribution in [3.05, 3.63) is 59.7 Å². The molecule has 0 saturated carbocycles. The lowest BCUT2D eigenvalue weighted by molar-refractivity contribution is -0.141. The smallest absolute Gasteiger partial charge is 0.307 e. The Labute approximate surface area is 146 Å². The average molecular weight is 343 g/mol. The molecule has 0 bridgehead atoms. The number of carbonyl (C=O) groups is 2. The van der Waals surface area contributed by atoms with Gasteiger partial charge in [-0.1, -0.05) is 36.4 Å². The van der Waals surface area contributed by atoms with Gasteiger partial charge in [-0.15, -0.1) is 0 Å². The number of para-hydroxylation sites is 1. The first-order valence-corrected chi connectivity index (χ1v) is 7.74. The molecule has 0 aliphatic heterocycles. The Morgan fingerprint density at radius 2 is 1.68 bits per heavy atom. The van der Waals surface area contributed by atoms with Crippen LogP contribution < -0.4 is 14.8 Å². The molecule has 0 radical (unpaired) electrons. The van der Waals surface area contributed by atoms with Gasteiger partial charge in [-0.25, -0.2) is 0 Å². The van der Waals surface area contributed by atoms with Crippen LogP contribution in [0.2, 0.25) is 0 Å². The molecule has 6 nitrogen and oxygen atoms in total.